The summed E-state index contributed by atoms with van der Waals surface area (Å²) in [6.07, 6.45) is 2.05. The summed E-state index contributed by atoms with van der Waals surface area (Å²) < 4.78 is 17.5. The summed E-state index contributed by atoms with van der Waals surface area (Å²) in [6.45, 7) is 9.92. The van der Waals surface area contributed by atoms with Gasteiger partial charge in [0.15, 0.2) is 11.5 Å². The lowest BCUT2D eigenvalue weighted by Crippen LogP contribution is -2.42. The highest BCUT2D eigenvalue weighted by atomic mass is 16.5. The Morgan fingerprint density at radius 3 is 2.59 bits per heavy atom. The van der Waals surface area contributed by atoms with Gasteiger partial charge in [-0.15, -0.1) is 0 Å². The van der Waals surface area contributed by atoms with Crippen LogP contribution in [0.3, 0.4) is 0 Å². The van der Waals surface area contributed by atoms with E-state index in [4.69, 9.17) is 14.2 Å². The van der Waals surface area contributed by atoms with Gasteiger partial charge in [-0.2, -0.15) is 5.10 Å². The molecule has 196 valence electrons. The molecule has 3 heterocycles. The Morgan fingerprint density at radius 2 is 1.84 bits per heavy atom. The third-order valence-corrected chi connectivity index (χ3v) is 7.01. The van der Waals surface area contributed by atoms with Gasteiger partial charge in [0.25, 0.3) is 5.91 Å². The quantitative estimate of drug-likeness (QED) is 0.387. The van der Waals surface area contributed by atoms with E-state index < -0.39 is 0 Å². The monoisotopic (exact) mass is 504 g/mol. The number of rotatable bonds is 11. The van der Waals surface area contributed by atoms with Crippen LogP contribution in [0.5, 0.6) is 11.5 Å². The maximum absolute atomic E-state index is 13.7. The summed E-state index contributed by atoms with van der Waals surface area (Å²) >= 11 is 0. The van der Waals surface area contributed by atoms with E-state index in [1.807, 2.05) is 54.3 Å². The molecule has 1 aromatic heterocycles. The third kappa shape index (κ3) is 5.36. The molecule has 1 N–H and O–H groups in total. The standard InChI is InChI=1S/C29H36N4O4/c1-3-5-17-37-23-12-11-22(20-24(23)36-4-2)28-25-26(21-9-7-6-8-10-21)30-31-27(25)29(34)33(28)14-13-32-15-18-35-19-16-32/h6-12,20,28H,3-5,13-19H2,1-2H3,(H,30,31). The van der Waals surface area contributed by atoms with Gasteiger partial charge in [-0.3, -0.25) is 14.8 Å². The number of carbonyl (C=O) groups is 1. The van der Waals surface area contributed by atoms with Crippen LogP contribution in [0, 0.1) is 0 Å². The number of carbonyl (C=O) groups excluding carboxylic acids is 1. The predicted molar refractivity (Wildman–Crippen MR) is 142 cm³/mol. The first-order chi connectivity index (χ1) is 18.2. The van der Waals surface area contributed by atoms with Gasteiger partial charge >= 0.3 is 0 Å². The van der Waals surface area contributed by atoms with Gasteiger partial charge in [0.2, 0.25) is 0 Å². The number of fused-ring (bicyclic) bond motifs is 1. The number of amides is 1. The van der Waals surface area contributed by atoms with Crippen molar-refractivity contribution >= 4 is 5.91 Å². The molecule has 0 spiro atoms. The molecule has 1 atom stereocenters. The molecule has 0 radical (unpaired) electrons. The van der Waals surface area contributed by atoms with Crippen LogP contribution in [-0.2, 0) is 4.74 Å². The number of nitrogens with zero attached hydrogens (tertiary/aromatic N) is 3. The van der Waals surface area contributed by atoms with Crippen molar-refractivity contribution in [1.82, 2.24) is 20.0 Å². The molecule has 1 fully saturated rings. The summed E-state index contributed by atoms with van der Waals surface area (Å²) in [6, 6.07) is 15.8. The number of unbranched alkanes of at least 4 members (excludes halogenated alkanes) is 1. The Kier molecular flexibility index (Phi) is 8.06. The van der Waals surface area contributed by atoms with Crippen molar-refractivity contribution in [2.75, 3.05) is 52.6 Å². The molecule has 1 amide bonds. The fourth-order valence-corrected chi connectivity index (χ4v) is 5.07. The lowest BCUT2D eigenvalue weighted by atomic mass is 9.95. The van der Waals surface area contributed by atoms with Crippen molar-refractivity contribution in [2.45, 2.75) is 32.7 Å². The Hall–Kier alpha value is -3.36. The number of aromatic amines is 1. The van der Waals surface area contributed by atoms with Crippen molar-refractivity contribution in [2.24, 2.45) is 0 Å². The van der Waals surface area contributed by atoms with Crippen LogP contribution in [-0.4, -0.2) is 78.5 Å². The molecule has 0 bridgehead atoms. The zero-order valence-corrected chi connectivity index (χ0v) is 21.7. The first kappa shape index (κ1) is 25.3. The van der Waals surface area contributed by atoms with Crippen LogP contribution in [0.4, 0.5) is 0 Å². The number of hydrogen-bond donors (Lipinski definition) is 1. The first-order valence-electron chi connectivity index (χ1n) is 13.4. The highest BCUT2D eigenvalue weighted by Crippen LogP contribution is 2.44. The lowest BCUT2D eigenvalue weighted by Gasteiger charge is -2.31. The molecule has 2 aliphatic heterocycles. The van der Waals surface area contributed by atoms with Gasteiger partial charge in [-0.25, -0.2) is 0 Å². The molecule has 3 aromatic rings. The summed E-state index contributed by atoms with van der Waals surface area (Å²) in [5.41, 5.74) is 4.26. The average Bonchev–Trinajstić information content (AvgIpc) is 3.48. The zero-order chi connectivity index (χ0) is 25.6. The van der Waals surface area contributed by atoms with Crippen molar-refractivity contribution < 1.29 is 19.0 Å². The highest BCUT2D eigenvalue weighted by Gasteiger charge is 2.42. The van der Waals surface area contributed by atoms with Crippen LogP contribution in [0.25, 0.3) is 11.3 Å². The number of hydrogen-bond acceptors (Lipinski definition) is 6. The van der Waals surface area contributed by atoms with Crippen molar-refractivity contribution in [3.63, 3.8) is 0 Å². The molecule has 1 unspecified atom stereocenters. The predicted octanol–water partition coefficient (Wildman–Crippen LogP) is 4.53. The van der Waals surface area contributed by atoms with E-state index in [0.29, 0.717) is 31.2 Å². The zero-order valence-electron chi connectivity index (χ0n) is 21.7. The highest BCUT2D eigenvalue weighted by molar-refractivity contribution is 6.00. The summed E-state index contributed by atoms with van der Waals surface area (Å²) in [4.78, 5) is 18.0. The molecule has 8 nitrogen and oxygen atoms in total. The fraction of sp³-hybridized carbons (Fsp3) is 0.448. The average molecular weight is 505 g/mol. The van der Waals surface area contributed by atoms with E-state index in [1.54, 1.807) is 0 Å². The van der Waals surface area contributed by atoms with Gasteiger partial charge in [-0.05, 0) is 31.0 Å². The molecule has 0 saturated carbocycles. The summed E-state index contributed by atoms with van der Waals surface area (Å²) in [5, 5.41) is 7.65. The maximum Gasteiger partial charge on any atom is 0.273 e. The van der Waals surface area contributed by atoms with Crippen molar-refractivity contribution in [1.29, 1.82) is 0 Å². The number of nitrogens with one attached hydrogen (secondary N) is 1. The molecule has 8 heteroatoms. The fourth-order valence-electron chi connectivity index (χ4n) is 5.07. The SMILES string of the molecule is CCCCOc1ccc(C2c3c(-c4ccccc4)n[nH]c3C(=O)N2CCN2CCOCC2)cc1OCC. The topological polar surface area (TPSA) is 79.9 Å². The van der Waals surface area contributed by atoms with Crippen LogP contribution in [0.2, 0.25) is 0 Å². The Balaban J connectivity index is 1.52. The Bertz CT molecular complexity index is 1190. The number of H-pyrrole nitrogens is 1. The van der Waals surface area contributed by atoms with E-state index in [1.165, 1.54) is 0 Å². The van der Waals surface area contributed by atoms with Crippen LogP contribution < -0.4 is 9.47 Å². The molecular weight excluding hydrogens is 468 g/mol. The van der Waals surface area contributed by atoms with Gasteiger partial charge in [0, 0.05) is 37.3 Å². The van der Waals surface area contributed by atoms with Crippen LogP contribution in [0.15, 0.2) is 48.5 Å². The van der Waals surface area contributed by atoms with Crippen molar-refractivity contribution in [3.05, 3.63) is 65.4 Å². The minimum atomic E-state index is -0.276. The van der Waals surface area contributed by atoms with Crippen molar-refractivity contribution in [3.8, 4) is 22.8 Å². The number of morpholine rings is 1. The molecule has 37 heavy (non-hydrogen) atoms. The minimum Gasteiger partial charge on any atom is -0.490 e. The number of benzene rings is 2. The Morgan fingerprint density at radius 1 is 1.03 bits per heavy atom. The largest absolute Gasteiger partial charge is 0.490 e. The third-order valence-electron chi connectivity index (χ3n) is 7.01. The van der Waals surface area contributed by atoms with E-state index in [9.17, 15) is 4.79 Å². The van der Waals surface area contributed by atoms with Gasteiger partial charge in [0.1, 0.15) is 5.69 Å². The minimum absolute atomic E-state index is 0.0239. The molecule has 2 aromatic carbocycles. The molecule has 1 saturated heterocycles. The summed E-state index contributed by atoms with van der Waals surface area (Å²) in [5.74, 6) is 1.41. The summed E-state index contributed by atoms with van der Waals surface area (Å²) in [7, 11) is 0. The van der Waals surface area contributed by atoms with Crippen LogP contribution >= 0.6 is 0 Å². The molecular formula is C29H36N4O4. The smallest absolute Gasteiger partial charge is 0.273 e. The second-order valence-electron chi connectivity index (χ2n) is 9.42. The van der Waals surface area contributed by atoms with E-state index in [0.717, 1.165) is 73.8 Å². The van der Waals surface area contributed by atoms with E-state index >= 15 is 0 Å². The lowest BCUT2D eigenvalue weighted by molar-refractivity contribution is 0.0316. The number of ether oxygens (including phenoxy) is 3. The van der Waals surface area contributed by atoms with E-state index in [-0.39, 0.29) is 11.9 Å². The molecule has 5 rings (SSSR count). The molecule has 0 aliphatic carbocycles. The van der Waals surface area contributed by atoms with Crippen LogP contribution in [0.1, 0.15) is 54.3 Å². The molecule has 2 aliphatic rings. The van der Waals surface area contributed by atoms with Gasteiger partial charge in [0.05, 0.1) is 38.2 Å². The normalized spacial score (nSPS) is 17.7. The van der Waals surface area contributed by atoms with Gasteiger partial charge in [-0.1, -0.05) is 49.7 Å². The maximum atomic E-state index is 13.7. The Labute approximate surface area is 218 Å². The second kappa shape index (κ2) is 11.8. The van der Waals surface area contributed by atoms with Gasteiger partial charge < -0.3 is 19.1 Å². The number of aromatic nitrogens is 2. The first-order valence-corrected chi connectivity index (χ1v) is 13.4. The van der Waals surface area contributed by atoms with E-state index in [2.05, 4.69) is 28.1 Å². The second-order valence-corrected chi connectivity index (χ2v) is 9.42.